The quantitative estimate of drug-likeness (QED) is 0.845. The Bertz CT molecular complexity index is 670. The Morgan fingerprint density at radius 1 is 1.24 bits per heavy atom. The molecule has 0 unspecified atom stereocenters. The third-order valence-corrected chi connectivity index (χ3v) is 2.81. The number of hydrogen-bond donors (Lipinski definition) is 2. The van der Waals surface area contributed by atoms with Gasteiger partial charge in [-0.2, -0.15) is 0 Å². The molecular weight excluding hydrogens is 270 g/mol. The number of carbonyl (C=O) groups excluding carboxylic acids is 2. The molecule has 0 aliphatic heterocycles. The normalized spacial score (nSPS) is 10.2. The number of fused-ring (bicyclic) bond motifs is 1. The number of aromatic nitrogens is 1. The lowest BCUT2D eigenvalue weighted by atomic mass is 10.2. The molecule has 0 saturated carbocycles. The van der Waals surface area contributed by atoms with Gasteiger partial charge in [-0.25, -0.2) is 4.79 Å². The van der Waals surface area contributed by atoms with Crippen molar-refractivity contribution in [2.45, 2.75) is 13.8 Å². The standard InChI is InChI=1S/C15H17N3O3/c1-3-21-13(19)9-16-15(20)18-12-6-4-5-11-8-7-10(2)17-14(11)12/h4-8H,3,9H2,1-2H3,(H2,16,18,20). The second-order valence-corrected chi connectivity index (χ2v) is 4.44. The van der Waals surface area contributed by atoms with Gasteiger partial charge in [0.05, 0.1) is 17.8 Å². The minimum absolute atomic E-state index is 0.170. The molecule has 0 atom stereocenters. The smallest absolute Gasteiger partial charge is 0.325 e. The molecule has 2 rings (SSSR count). The van der Waals surface area contributed by atoms with E-state index < -0.39 is 12.0 Å². The first-order chi connectivity index (χ1) is 10.1. The first-order valence-electron chi connectivity index (χ1n) is 6.67. The number of benzene rings is 1. The molecule has 0 saturated heterocycles. The van der Waals surface area contributed by atoms with E-state index in [4.69, 9.17) is 4.74 Å². The predicted molar refractivity (Wildman–Crippen MR) is 80.1 cm³/mol. The van der Waals surface area contributed by atoms with Crippen molar-refractivity contribution in [2.24, 2.45) is 0 Å². The molecule has 0 aliphatic rings. The van der Waals surface area contributed by atoms with Crippen molar-refractivity contribution in [1.29, 1.82) is 0 Å². The van der Waals surface area contributed by atoms with Crippen LogP contribution in [-0.2, 0) is 9.53 Å². The van der Waals surface area contributed by atoms with Gasteiger partial charge in [-0.05, 0) is 26.0 Å². The van der Waals surface area contributed by atoms with Gasteiger partial charge in [0, 0.05) is 11.1 Å². The van der Waals surface area contributed by atoms with Crippen molar-refractivity contribution >= 4 is 28.6 Å². The van der Waals surface area contributed by atoms with Crippen molar-refractivity contribution in [3.05, 3.63) is 36.0 Å². The first kappa shape index (κ1) is 14.8. The second-order valence-electron chi connectivity index (χ2n) is 4.44. The van der Waals surface area contributed by atoms with Crippen molar-refractivity contribution in [2.75, 3.05) is 18.5 Å². The Morgan fingerprint density at radius 3 is 2.81 bits per heavy atom. The van der Waals surface area contributed by atoms with Crippen LogP contribution in [0.5, 0.6) is 0 Å². The number of anilines is 1. The number of para-hydroxylation sites is 1. The van der Waals surface area contributed by atoms with Crippen LogP contribution in [0, 0.1) is 6.92 Å². The molecule has 110 valence electrons. The fourth-order valence-corrected chi connectivity index (χ4v) is 1.88. The highest BCUT2D eigenvalue weighted by atomic mass is 16.5. The van der Waals surface area contributed by atoms with Crippen molar-refractivity contribution in [3.63, 3.8) is 0 Å². The number of nitrogens with zero attached hydrogens (tertiary/aromatic N) is 1. The van der Waals surface area contributed by atoms with Crippen LogP contribution in [0.1, 0.15) is 12.6 Å². The third-order valence-electron chi connectivity index (χ3n) is 2.81. The van der Waals surface area contributed by atoms with E-state index in [-0.39, 0.29) is 13.2 Å². The molecule has 0 bridgehead atoms. The molecule has 6 heteroatoms. The van der Waals surface area contributed by atoms with Crippen LogP contribution < -0.4 is 10.6 Å². The number of esters is 1. The number of rotatable bonds is 4. The average molecular weight is 287 g/mol. The zero-order chi connectivity index (χ0) is 15.2. The molecule has 6 nitrogen and oxygen atoms in total. The summed E-state index contributed by atoms with van der Waals surface area (Å²) < 4.78 is 4.73. The number of urea groups is 1. The summed E-state index contributed by atoms with van der Waals surface area (Å²) in [4.78, 5) is 27.4. The van der Waals surface area contributed by atoms with E-state index in [1.165, 1.54) is 0 Å². The first-order valence-corrected chi connectivity index (χ1v) is 6.67. The Kier molecular flexibility index (Phi) is 4.71. The zero-order valence-electron chi connectivity index (χ0n) is 12.0. The summed E-state index contributed by atoms with van der Waals surface area (Å²) in [6.45, 7) is 3.71. The van der Waals surface area contributed by atoms with Gasteiger partial charge in [0.25, 0.3) is 0 Å². The van der Waals surface area contributed by atoms with E-state index >= 15 is 0 Å². The molecule has 1 aromatic carbocycles. The second kappa shape index (κ2) is 6.69. The predicted octanol–water partition coefficient (Wildman–Crippen LogP) is 2.23. The minimum atomic E-state index is -0.473. The highest BCUT2D eigenvalue weighted by molar-refractivity contribution is 6.00. The maximum absolute atomic E-state index is 11.8. The lowest BCUT2D eigenvalue weighted by Gasteiger charge is -2.09. The van der Waals surface area contributed by atoms with Crippen molar-refractivity contribution in [1.82, 2.24) is 10.3 Å². The highest BCUT2D eigenvalue weighted by Crippen LogP contribution is 2.21. The maximum atomic E-state index is 11.8. The summed E-state index contributed by atoms with van der Waals surface area (Å²) in [7, 11) is 0. The van der Waals surface area contributed by atoms with Crippen LogP contribution in [-0.4, -0.2) is 30.1 Å². The van der Waals surface area contributed by atoms with E-state index in [0.29, 0.717) is 11.2 Å². The van der Waals surface area contributed by atoms with Crippen LogP contribution in [0.2, 0.25) is 0 Å². The largest absolute Gasteiger partial charge is 0.465 e. The van der Waals surface area contributed by atoms with E-state index in [1.807, 2.05) is 31.2 Å². The number of amides is 2. The highest BCUT2D eigenvalue weighted by Gasteiger charge is 2.08. The molecule has 0 fully saturated rings. The van der Waals surface area contributed by atoms with Crippen molar-refractivity contribution < 1.29 is 14.3 Å². The van der Waals surface area contributed by atoms with Gasteiger partial charge in [0.15, 0.2) is 0 Å². The van der Waals surface area contributed by atoms with Gasteiger partial charge in [-0.15, -0.1) is 0 Å². The fraction of sp³-hybridized carbons (Fsp3) is 0.267. The molecule has 1 heterocycles. The molecule has 2 N–H and O–H groups in total. The minimum Gasteiger partial charge on any atom is -0.465 e. The number of carbonyl (C=O) groups is 2. The SMILES string of the molecule is CCOC(=O)CNC(=O)Nc1cccc2ccc(C)nc12. The monoisotopic (exact) mass is 287 g/mol. The maximum Gasteiger partial charge on any atom is 0.325 e. The lowest BCUT2D eigenvalue weighted by molar-refractivity contribution is -0.141. The summed E-state index contributed by atoms with van der Waals surface area (Å²) in [5.41, 5.74) is 2.17. The van der Waals surface area contributed by atoms with Gasteiger partial charge < -0.3 is 15.4 Å². The van der Waals surface area contributed by atoms with E-state index in [2.05, 4.69) is 15.6 Å². The Morgan fingerprint density at radius 2 is 2.05 bits per heavy atom. The molecule has 21 heavy (non-hydrogen) atoms. The average Bonchev–Trinajstić information content (AvgIpc) is 2.46. The van der Waals surface area contributed by atoms with E-state index in [1.54, 1.807) is 13.0 Å². The molecule has 2 amide bonds. The van der Waals surface area contributed by atoms with Gasteiger partial charge >= 0.3 is 12.0 Å². The van der Waals surface area contributed by atoms with Crippen LogP contribution >= 0.6 is 0 Å². The fourth-order valence-electron chi connectivity index (χ4n) is 1.88. The molecule has 2 aromatic rings. The van der Waals surface area contributed by atoms with E-state index in [0.717, 1.165) is 11.1 Å². The lowest BCUT2D eigenvalue weighted by Crippen LogP contribution is -2.34. The van der Waals surface area contributed by atoms with Crippen LogP contribution in [0.15, 0.2) is 30.3 Å². The molecule has 0 aliphatic carbocycles. The van der Waals surface area contributed by atoms with Gasteiger partial charge in [-0.3, -0.25) is 9.78 Å². The van der Waals surface area contributed by atoms with Crippen LogP contribution in [0.3, 0.4) is 0 Å². The van der Waals surface area contributed by atoms with Gasteiger partial charge in [0.2, 0.25) is 0 Å². The Labute approximate surface area is 122 Å². The van der Waals surface area contributed by atoms with Gasteiger partial charge in [-0.1, -0.05) is 18.2 Å². The summed E-state index contributed by atoms with van der Waals surface area (Å²) in [5.74, 6) is -0.473. The molecule has 0 spiro atoms. The molecule has 0 radical (unpaired) electrons. The van der Waals surface area contributed by atoms with Crippen molar-refractivity contribution in [3.8, 4) is 0 Å². The Hall–Kier alpha value is -2.63. The van der Waals surface area contributed by atoms with Crippen LogP contribution in [0.25, 0.3) is 10.9 Å². The van der Waals surface area contributed by atoms with E-state index in [9.17, 15) is 9.59 Å². The topological polar surface area (TPSA) is 80.3 Å². The molecule has 1 aromatic heterocycles. The summed E-state index contributed by atoms with van der Waals surface area (Å²) in [6, 6.07) is 8.90. The summed E-state index contributed by atoms with van der Waals surface area (Å²) in [6.07, 6.45) is 0. The number of nitrogens with one attached hydrogen (secondary N) is 2. The van der Waals surface area contributed by atoms with Crippen LogP contribution in [0.4, 0.5) is 10.5 Å². The number of aryl methyl sites for hydroxylation is 1. The molecular formula is C15H17N3O3. The summed E-state index contributed by atoms with van der Waals surface area (Å²) in [5, 5.41) is 6.07. The summed E-state index contributed by atoms with van der Waals surface area (Å²) >= 11 is 0. The van der Waals surface area contributed by atoms with Gasteiger partial charge in [0.1, 0.15) is 6.54 Å². The number of hydrogen-bond acceptors (Lipinski definition) is 4. The number of pyridine rings is 1. The Balaban J connectivity index is 2.07. The third kappa shape index (κ3) is 3.92. The zero-order valence-corrected chi connectivity index (χ0v) is 12.0. The number of ether oxygens (including phenoxy) is 1.